The van der Waals surface area contributed by atoms with Gasteiger partial charge in [-0.3, -0.25) is 0 Å². The molecule has 7 heterocycles. The fourth-order valence-corrected chi connectivity index (χ4v) is 9.75. The van der Waals surface area contributed by atoms with Gasteiger partial charge in [0.15, 0.2) is 0 Å². The molecule has 0 amide bonds. The maximum Gasteiger partial charge on any atom is 2.00 e. The molecule has 1 saturated heterocycles. The molecule has 4 aliphatic heterocycles. The van der Waals surface area contributed by atoms with Crippen molar-refractivity contribution in [2.75, 3.05) is 11.9 Å². The first-order valence-electron chi connectivity index (χ1n) is 21.0. The Kier molecular flexibility index (Phi) is 9.64. The molecule has 6 nitrogen and oxygen atoms in total. The van der Waals surface area contributed by atoms with Crippen LogP contribution in [0.15, 0.2) is 170 Å². The minimum absolute atomic E-state index is 0. The molecule has 8 aromatic rings. The fraction of sp³-hybridized carbons (Fsp3) is 0.0909. The Hall–Kier alpha value is -7.05. The van der Waals surface area contributed by atoms with Gasteiger partial charge in [0.2, 0.25) is 0 Å². The zero-order valence-electron chi connectivity index (χ0n) is 33.6. The van der Waals surface area contributed by atoms with E-state index >= 15 is 0 Å². The van der Waals surface area contributed by atoms with Gasteiger partial charge in [0.1, 0.15) is 0 Å². The number of benzene rings is 5. The Morgan fingerprint density at radius 1 is 0.484 bits per heavy atom. The Morgan fingerprint density at radius 3 is 1.47 bits per heavy atom. The molecule has 3 atom stereocenters. The Bertz CT molecular complexity index is 3210. The van der Waals surface area contributed by atoms with Crippen LogP contribution in [0.5, 0.6) is 0 Å². The molecule has 300 valence electrons. The van der Waals surface area contributed by atoms with Crippen LogP contribution in [0.4, 0.5) is 5.69 Å². The van der Waals surface area contributed by atoms with Crippen LogP contribution in [0.25, 0.3) is 90.4 Å². The third-order valence-electron chi connectivity index (χ3n) is 12.5. The smallest absolute Gasteiger partial charge is 0.657 e. The molecule has 4 aliphatic rings. The van der Waals surface area contributed by atoms with Crippen LogP contribution >= 0.6 is 0 Å². The SMILES string of the molecule is C1=Cc2nc1c(-c1ccccc1)c1ccc([n-]1)c(-c1ccccc1)c1nc(c(-c3ccccc3)c3ccc([n-]3)c2-c2ccccc2)C([C@H]2Nc3ccccc3[C@@H]3OCC[C@H]23)=C1.[Ni+2]. The number of rotatable bonds is 5. The fourth-order valence-electron chi connectivity index (χ4n) is 9.75. The van der Waals surface area contributed by atoms with E-state index in [1.165, 1.54) is 5.56 Å². The molecule has 0 aliphatic carbocycles. The van der Waals surface area contributed by atoms with Crippen molar-refractivity contribution in [2.24, 2.45) is 5.92 Å². The maximum absolute atomic E-state index is 6.55. The third-order valence-corrected chi connectivity index (χ3v) is 12.5. The van der Waals surface area contributed by atoms with Gasteiger partial charge in [0, 0.05) is 29.3 Å². The number of fused-ring (bicyclic) bond motifs is 11. The molecule has 0 unspecified atom stereocenters. The zero-order valence-corrected chi connectivity index (χ0v) is 34.5. The number of nitrogens with zero attached hydrogens (tertiary/aromatic N) is 4. The van der Waals surface area contributed by atoms with Crippen molar-refractivity contribution < 1.29 is 21.2 Å². The molecule has 1 fully saturated rings. The minimum atomic E-state index is -0.0785. The van der Waals surface area contributed by atoms with Crippen molar-refractivity contribution >= 4 is 51.6 Å². The first kappa shape index (κ1) is 37.9. The van der Waals surface area contributed by atoms with Crippen molar-refractivity contribution in [3.8, 4) is 44.5 Å². The first-order chi connectivity index (χ1) is 30.2. The molecular weight excluding hydrogens is 805 g/mol. The van der Waals surface area contributed by atoms with Gasteiger partial charge in [-0.25, -0.2) is 9.97 Å². The van der Waals surface area contributed by atoms with Crippen LogP contribution in [0, 0.1) is 5.92 Å². The molecule has 0 radical (unpaired) electrons. The number of para-hydroxylation sites is 1. The Labute approximate surface area is 370 Å². The number of aromatic nitrogens is 4. The van der Waals surface area contributed by atoms with E-state index in [4.69, 9.17) is 24.7 Å². The summed E-state index contributed by atoms with van der Waals surface area (Å²) in [5.41, 5.74) is 18.3. The Morgan fingerprint density at radius 2 is 0.935 bits per heavy atom. The van der Waals surface area contributed by atoms with E-state index in [1.807, 2.05) is 12.1 Å². The normalized spacial score (nSPS) is 17.4. The average molecular weight is 845 g/mol. The number of anilines is 1. The summed E-state index contributed by atoms with van der Waals surface area (Å²) in [6, 6.07) is 59.2. The molecule has 5 aromatic carbocycles. The van der Waals surface area contributed by atoms with E-state index in [0.29, 0.717) is 6.61 Å². The molecule has 0 spiro atoms. The van der Waals surface area contributed by atoms with E-state index in [1.54, 1.807) is 0 Å². The van der Waals surface area contributed by atoms with Crippen molar-refractivity contribution in [3.05, 3.63) is 198 Å². The summed E-state index contributed by atoms with van der Waals surface area (Å²) in [5.74, 6) is 0.197. The second-order valence-electron chi connectivity index (χ2n) is 16.0. The second kappa shape index (κ2) is 15.8. The zero-order chi connectivity index (χ0) is 40.3. The van der Waals surface area contributed by atoms with Gasteiger partial charge in [-0.1, -0.05) is 164 Å². The standard InChI is InChI=1S/C55H39N5O.Ni/c1-5-15-34(16-6-1)49-42-25-26-43(56-42)50(35-17-7-2-8-18-35)45-29-30-47(58-45)52(37-21-11-4-12-22-37)54-40(53-39-31-32-61-55(39)38-23-13-14-24-41(38)59-53)33-48(60-54)51(36-19-9-3-10-20-36)46-28-27-44(49)57-46;/h1-30,33,39,53,55,59H,31-32H2;/q-2;+2/t39-,53+,55+;/m1./s1. The molecular formula is C55H39N5NiO. The van der Waals surface area contributed by atoms with Crippen molar-refractivity contribution in [3.63, 3.8) is 0 Å². The van der Waals surface area contributed by atoms with Gasteiger partial charge in [0.05, 0.1) is 34.9 Å². The second-order valence-corrected chi connectivity index (χ2v) is 16.0. The molecule has 7 heteroatoms. The van der Waals surface area contributed by atoms with E-state index < -0.39 is 0 Å². The Balaban J connectivity index is 0.00000432. The van der Waals surface area contributed by atoms with Crippen LogP contribution in [0.3, 0.4) is 0 Å². The molecule has 3 aromatic heterocycles. The van der Waals surface area contributed by atoms with Gasteiger partial charge < -0.3 is 20.0 Å². The van der Waals surface area contributed by atoms with Crippen LogP contribution in [0.2, 0.25) is 0 Å². The van der Waals surface area contributed by atoms with Crippen LogP contribution in [0.1, 0.15) is 40.9 Å². The first-order valence-corrected chi connectivity index (χ1v) is 21.0. The van der Waals surface area contributed by atoms with Gasteiger partial charge in [-0.2, -0.15) is 0 Å². The summed E-state index contributed by atoms with van der Waals surface area (Å²) >= 11 is 0. The molecule has 8 bridgehead atoms. The summed E-state index contributed by atoms with van der Waals surface area (Å²) in [4.78, 5) is 22.2. The molecule has 0 saturated carbocycles. The van der Waals surface area contributed by atoms with Crippen molar-refractivity contribution in [2.45, 2.75) is 18.6 Å². The summed E-state index contributed by atoms with van der Waals surface area (Å²) in [6.07, 6.45) is 7.46. The predicted octanol–water partition coefficient (Wildman–Crippen LogP) is 12.5. The summed E-state index contributed by atoms with van der Waals surface area (Å²) in [7, 11) is 0. The van der Waals surface area contributed by atoms with Crippen molar-refractivity contribution in [1.82, 2.24) is 19.9 Å². The molecule has 62 heavy (non-hydrogen) atoms. The number of hydrogen-bond donors (Lipinski definition) is 1. The van der Waals surface area contributed by atoms with Gasteiger partial charge in [-0.15, -0.1) is 22.1 Å². The van der Waals surface area contributed by atoms with E-state index in [2.05, 4.69) is 181 Å². The number of ether oxygens (including phenoxy) is 1. The summed E-state index contributed by atoms with van der Waals surface area (Å²) in [5, 5.41) is 4.02. The van der Waals surface area contributed by atoms with E-state index in [0.717, 1.165) is 107 Å². The predicted molar refractivity (Wildman–Crippen MR) is 248 cm³/mol. The number of nitrogens with one attached hydrogen (secondary N) is 1. The number of hydrogen-bond acceptors (Lipinski definition) is 4. The van der Waals surface area contributed by atoms with Crippen LogP contribution < -0.4 is 15.3 Å². The average Bonchev–Trinajstić information content (AvgIpc) is 4.18. The van der Waals surface area contributed by atoms with E-state index in [9.17, 15) is 0 Å². The quantitative estimate of drug-likeness (QED) is 0.174. The summed E-state index contributed by atoms with van der Waals surface area (Å²) < 4.78 is 6.55. The largest absolute Gasteiger partial charge is 2.00 e. The molecule has 12 rings (SSSR count). The van der Waals surface area contributed by atoms with Crippen LogP contribution in [-0.4, -0.2) is 22.6 Å². The van der Waals surface area contributed by atoms with Gasteiger partial charge in [-0.05, 0) is 75.2 Å². The monoisotopic (exact) mass is 843 g/mol. The summed E-state index contributed by atoms with van der Waals surface area (Å²) in [6.45, 7) is 0.707. The topological polar surface area (TPSA) is 75.2 Å². The van der Waals surface area contributed by atoms with Gasteiger partial charge >= 0.3 is 16.5 Å². The van der Waals surface area contributed by atoms with E-state index in [-0.39, 0.29) is 34.6 Å². The molecule has 1 N–H and O–H groups in total. The minimum Gasteiger partial charge on any atom is -0.657 e. The van der Waals surface area contributed by atoms with Crippen molar-refractivity contribution in [1.29, 1.82) is 0 Å². The van der Waals surface area contributed by atoms with Crippen LogP contribution in [-0.2, 0) is 21.2 Å². The maximum atomic E-state index is 6.55. The van der Waals surface area contributed by atoms with Gasteiger partial charge in [0.25, 0.3) is 0 Å². The third kappa shape index (κ3) is 6.44.